The van der Waals surface area contributed by atoms with E-state index in [1.807, 2.05) is 19.9 Å². The van der Waals surface area contributed by atoms with E-state index in [-0.39, 0.29) is 5.78 Å². The molecular formula is C11H12ClN3O. The molecule has 2 aromatic rings. The molecule has 4 nitrogen and oxygen atoms in total. The second-order valence-electron chi connectivity index (χ2n) is 3.69. The highest BCUT2D eigenvalue weighted by atomic mass is 35.5. The predicted molar refractivity (Wildman–Crippen MR) is 61.7 cm³/mol. The van der Waals surface area contributed by atoms with Crippen LogP contribution in [-0.4, -0.2) is 20.4 Å². The number of halogens is 1. The molecule has 0 amide bonds. The molecule has 2 heterocycles. The molecule has 0 aromatic carbocycles. The minimum absolute atomic E-state index is 0.157. The van der Waals surface area contributed by atoms with Crippen LogP contribution < -0.4 is 0 Å². The molecule has 84 valence electrons. The van der Waals surface area contributed by atoms with Crippen molar-refractivity contribution in [3.8, 4) is 0 Å². The molecule has 0 fully saturated rings. The molecule has 0 aliphatic carbocycles. The zero-order valence-electron chi connectivity index (χ0n) is 9.20. The Morgan fingerprint density at radius 1 is 1.50 bits per heavy atom. The third-order valence-corrected chi connectivity index (χ3v) is 2.60. The zero-order chi connectivity index (χ0) is 11.7. The van der Waals surface area contributed by atoms with Crippen molar-refractivity contribution in [3.63, 3.8) is 0 Å². The summed E-state index contributed by atoms with van der Waals surface area (Å²) in [6, 6.07) is 3.53. The van der Waals surface area contributed by atoms with E-state index >= 15 is 0 Å². The summed E-state index contributed by atoms with van der Waals surface area (Å²) >= 11 is 6.05. The topological polar surface area (TPSA) is 47.3 Å². The molecule has 0 unspecified atom stereocenters. The van der Waals surface area contributed by atoms with Crippen LogP contribution in [0.3, 0.4) is 0 Å². The standard InChI is InChI=1S/C11H12ClN3O/c1-3-9(16)5-8-6-10(12)15-11(13-8)4-7(2)14-15/h4,6H,3,5H2,1-2H3. The SMILES string of the molecule is CCC(=O)Cc1cc(Cl)n2nc(C)cc2n1. The average molecular weight is 238 g/mol. The van der Waals surface area contributed by atoms with Crippen LogP contribution in [0.15, 0.2) is 12.1 Å². The minimum Gasteiger partial charge on any atom is -0.299 e. The van der Waals surface area contributed by atoms with Crippen molar-refractivity contribution in [2.24, 2.45) is 0 Å². The highest BCUT2D eigenvalue weighted by molar-refractivity contribution is 6.29. The molecule has 2 rings (SSSR count). The molecule has 0 spiro atoms. The van der Waals surface area contributed by atoms with Gasteiger partial charge in [-0.15, -0.1) is 0 Å². The highest BCUT2D eigenvalue weighted by Crippen LogP contribution is 2.14. The summed E-state index contributed by atoms with van der Waals surface area (Å²) in [5, 5.41) is 4.67. The molecule has 0 aliphatic rings. The molecule has 5 heteroatoms. The molecule has 0 saturated heterocycles. The number of hydrogen-bond acceptors (Lipinski definition) is 3. The number of carbonyl (C=O) groups is 1. The van der Waals surface area contributed by atoms with Crippen molar-refractivity contribution in [1.82, 2.24) is 14.6 Å². The van der Waals surface area contributed by atoms with Crippen LogP contribution in [0.5, 0.6) is 0 Å². The van der Waals surface area contributed by atoms with Crippen LogP contribution in [0, 0.1) is 6.92 Å². The summed E-state index contributed by atoms with van der Waals surface area (Å²) in [4.78, 5) is 15.7. The Labute approximate surface area is 98.2 Å². The first-order valence-corrected chi connectivity index (χ1v) is 5.51. The molecular weight excluding hydrogens is 226 g/mol. The fraction of sp³-hybridized carbons (Fsp3) is 0.364. The van der Waals surface area contributed by atoms with E-state index in [1.165, 1.54) is 0 Å². The van der Waals surface area contributed by atoms with Gasteiger partial charge in [-0.05, 0) is 13.0 Å². The maximum Gasteiger partial charge on any atom is 0.157 e. The second-order valence-corrected chi connectivity index (χ2v) is 4.08. The first kappa shape index (κ1) is 11.1. The molecule has 16 heavy (non-hydrogen) atoms. The van der Waals surface area contributed by atoms with Gasteiger partial charge in [-0.1, -0.05) is 18.5 Å². The van der Waals surface area contributed by atoms with E-state index in [4.69, 9.17) is 11.6 Å². The van der Waals surface area contributed by atoms with Gasteiger partial charge in [0.2, 0.25) is 0 Å². The third-order valence-electron chi connectivity index (χ3n) is 2.33. The first-order valence-electron chi connectivity index (χ1n) is 5.13. The Bertz CT molecular complexity index is 547. The van der Waals surface area contributed by atoms with E-state index in [9.17, 15) is 4.79 Å². The van der Waals surface area contributed by atoms with E-state index < -0.39 is 0 Å². The number of hydrogen-bond donors (Lipinski definition) is 0. The monoisotopic (exact) mass is 237 g/mol. The minimum atomic E-state index is 0.157. The fourth-order valence-corrected chi connectivity index (χ4v) is 1.77. The Kier molecular flexibility index (Phi) is 2.92. The van der Waals surface area contributed by atoms with Crippen LogP contribution in [-0.2, 0) is 11.2 Å². The molecule has 0 radical (unpaired) electrons. The number of nitrogens with zero attached hydrogens (tertiary/aromatic N) is 3. The van der Waals surface area contributed by atoms with Gasteiger partial charge in [0.25, 0.3) is 0 Å². The van der Waals surface area contributed by atoms with Gasteiger partial charge in [-0.3, -0.25) is 4.79 Å². The van der Waals surface area contributed by atoms with E-state index in [1.54, 1.807) is 10.6 Å². The number of rotatable bonds is 3. The van der Waals surface area contributed by atoms with Gasteiger partial charge in [0, 0.05) is 18.9 Å². The van der Waals surface area contributed by atoms with Gasteiger partial charge >= 0.3 is 0 Å². The normalized spacial score (nSPS) is 10.9. The summed E-state index contributed by atoms with van der Waals surface area (Å²) in [6.45, 7) is 3.72. The van der Waals surface area contributed by atoms with Gasteiger partial charge < -0.3 is 0 Å². The van der Waals surface area contributed by atoms with Crippen molar-refractivity contribution < 1.29 is 4.79 Å². The van der Waals surface area contributed by atoms with Crippen molar-refractivity contribution in [2.75, 3.05) is 0 Å². The first-order chi connectivity index (χ1) is 7.60. The Balaban J connectivity index is 2.45. The molecule has 0 aliphatic heterocycles. The Morgan fingerprint density at radius 2 is 2.25 bits per heavy atom. The molecule has 0 saturated carbocycles. The van der Waals surface area contributed by atoms with Gasteiger partial charge in [0.05, 0.1) is 11.4 Å². The maximum atomic E-state index is 11.3. The molecule has 0 N–H and O–H groups in total. The maximum absolute atomic E-state index is 11.3. The van der Waals surface area contributed by atoms with Gasteiger partial charge in [-0.2, -0.15) is 5.10 Å². The fourth-order valence-electron chi connectivity index (χ4n) is 1.52. The van der Waals surface area contributed by atoms with Crippen molar-refractivity contribution in [2.45, 2.75) is 26.7 Å². The average Bonchev–Trinajstić information content (AvgIpc) is 2.59. The lowest BCUT2D eigenvalue weighted by molar-refractivity contribution is -0.118. The van der Waals surface area contributed by atoms with Crippen molar-refractivity contribution in [1.29, 1.82) is 0 Å². The number of carbonyl (C=O) groups excluding carboxylic acids is 1. The predicted octanol–water partition coefficient (Wildman–Crippen LogP) is 2.21. The highest BCUT2D eigenvalue weighted by Gasteiger charge is 2.08. The molecule has 2 aromatic heterocycles. The molecule has 0 bridgehead atoms. The summed E-state index contributed by atoms with van der Waals surface area (Å²) in [6.07, 6.45) is 0.847. The second kappa shape index (κ2) is 4.22. The number of ketones is 1. The summed E-state index contributed by atoms with van der Waals surface area (Å²) in [5.74, 6) is 0.157. The number of aromatic nitrogens is 3. The molecule has 0 atom stereocenters. The van der Waals surface area contributed by atoms with Gasteiger partial charge in [0.1, 0.15) is 10.9 Å². The van der Waals surface area contributed by atoms with Crippen LogP contribution in [0.25, 0.3) is 5.65 Å². The quantitative estimate of drug-likeness (QED) is 0.769. The van der Waals surface area contributed by atoms with Crippen LogP contribution >= 0.6 is 11.6 Å². The zero-order valence-corrected chi connectivity index (χ0v) is 9.95. The van der Waals surface area contributed by atoms with E-state index in [0.29, 0.717) is 29.3 Å². The number of Topliss-reactive ketones (excluding diaryl/α,β-unsaturated/α-hetero) is 1. The Morgan fingerprint density at radius 3 is 2.94 bits per heavy atom. The lowest BCUT2D eigenvalue weighted by Gasteiger charge is -2.01. The summed E-state index contributed by atoms with van der Waals surface area (Å²) < 4.78 is 1.57. The number of fused-ring (bicyclic) bond motifs is 1. The number of aryl methyl sites for hydroxylation is 1. The van der Waals surface area contributed by atoms with E-state index in [0.717, 1.165) is 5.69 Å². The van der Waals surface area contributed by atoms with Crippen LogP contribution in [0.1, 0.15) is 24.7 Å². The summed E-state index contributed by atoms with van der Waals surface area (Å²) in [5.41, 5.74) is 2.24. The van der Waals surface area contributed by atoms with E-state index in [2.05, 4.69) is 10.1 Å². The third kappa shape index (κ3) is 2.07. The van der Waals surface area contributed by atoms with Crippen molar-refractivity contribution in [3.05, 3.63) is 28.7 Å². The lowest BCUT2D eigenvalue weighted by atomic mass is 10.2. The van der Waals surface area contributed by atoms with Crippen molar-refractivity contribution >= 4 is 23.0 Å². The Hall–Kier alpha value is -1.42. The smallest absolute Gasteiger partial charge is 0.157 e. The van der Waals surface area contributed by atoms with Gasteiger partial charge in [-0.25, -0.2) is 9.50 Å². The van der Waals surface area contributed by atoms with Gasteiger partial charge in [0.15, 0.2) is 5.65 Å². The lowest BCUT2D eigenvalue weighted by Crippen LogP contribution is -2.04. The van der Waals surface area contributed by atoms with Crippen LogP contribution in [0.2, 0.25) is 5.15 Å². The summed E-state index contributed by atoms with van der Waals surface area (Å²) in [7, 11) is 0. The largest absolute Gasteiger partial charge is 0.299 e. The van der Waals surface area contributed by atoms with Crippen LogP contribution in [0.4, 0.5) is 0 Å².